The molecule has 0 bridgehead atoms. The molecule has 1 N–H and O–H groups in total. The van der Waals surface area contributed by atoms with Crippen molar-refractivity contribution < 1.29 is 4.74 Å². The van der Waals surface area contributed by atoms with Crippen LogP contribution >= 0.6 is 11.7 Å². The molecule has 0 saturated heterocycles. The standard InChI is InChI=1S/C24H25N7OS/c1-5-32-24-17(9-7-11-25-24)19-12-20(23-21(27-19)15(4)28-31(23)14(2)3)26-13-16-8-6-10-18-22(16)30-33-29-18/h6-12,14H,5,13H2,1-4H3,(H,26,27). The molecule has 0 aliphatic carbocycles. The average molecular weight is 460 g/mol. The van der Waals surface area contributed by atoms with E-state index in [0.717, 1.165) is 50.3 Å². The highest BCUT2D eigenvalue weighted by Gasteiger charge is 2.19. The third-order valence-electron chi connectivity index (χ3n) is 5.48. The molecule has 0 unspecified atom stereocenters. The van der Waals surface area contributed by atoms with Crippen molar-refractivity contribution in [1.29, 1.82) is 0 Å². The maximum atomic E-state index is 5.78. The molecule has 0 amide bonds. The minimum absolute atomic E-state index is 0.193. The van der Waals surface area contributed by atoms with E-state index in [1.54, 1.807) is 6.20 Å². The summed E-state index contributed by atoms with van der Waals surface area (Å²) in [6, 6.07) is 12.2. The van der Waals surface area contributed by atoms with E-state index in [9.17, 15) is 0 Å². The predicted octanol–water partition coefficient (Wildman–Crippen LogP) is 5.40. The minimum Gasteiger partial charge on any atom is -0.477 e. The Morgan fingerprint density at radius 2 is 2.00 bits per heavy atom. The van der Waals surface area contributed by atoms with Crippen molar-refractivity contribution in [2.45, 2.75) is 40.3 Å². The number of hydrogen-bond donors (Lipinski definition) is 1. The van der Waals surface area contributed by atoms with Gasteiger partial charge in [0, 0.05) is 24.3 Å². The normalized spacial score (nSPS) is 11.5. The summed E-state index contributed by atoms with van der Waals surface area (Å²) in [4.78, 5) is 9.40. The van der Waals surface area contributed by atoms with Gasteiger partial charge in [-0.25, -0.2) is 9.97 Å². The molecule has 33 heavy (non-hydrogen) atoms. The minimum atomic E-state index is 0.193. The Labute approximate surface area is 196 Å². The topological polar surface area (TPSA) is 90.6 Å². The van der Waals surface area contributed by atoms with Crippen molar-refractivity contribution in [2.75, 3.05) is 11.9 Å². The fourth-order valence-corrected chi connectivity index (χ4v) is 4.53. The van der Waals surface area contributed by atoms with E-state index in [1.807, 2.05) is 42.8 Å². The van der Waals surface area contributed by atoms with E-state index in [0.29, 0.717) is 19.0 Å². The summed E-state index contributed by atoms with van der Waals surface area (Å²) in [5.74, 6) is 0.574. The molecule has 8 nitrogen and oxygen atoms in total. The Bertz CT molecular complexity index is 1440. The maximum absolute atomic E-state index is 5.78. The first-order valence-corrected chi connectivity index (χ1v) is 11.7. The summed E-state index contributed by atoms with van der Waals surface area (Å²) >= 11 is 1.23. The van der Waals surface area contributed by atoms with E-state index in [1.165, 1.54) is 11.7 Å². The van der Waals surface area contributed by atoms with Crippen molar-refractivity contribution in [2.24, 2.45) is 0 Å². The maximum Gasteiger partial charge on any atom is 0.222 e. The fourth-order valence-electron chi connectivity index (χ4n) is 3.96. The van der Waals surface area contributed by atoms with E-state index in [-0.39, 0.29) is 6.04 Å². The zero-order valence-electron chi connectivity index (χ0n) is 19.0. The van der Waals surface area contributed by atoms with Gasteiger partial charge >= 0.3 is 0 Å². The molecule has 1 aromatic carbocycles. The summed E-state index contributed by atoms with van der Waals surface area (Å²) < 4.78 is 16.6. The fraction of sp³-hybridized carbons (Fsp3) is 0.292. The van der Waals surface area contributed by atoms with Gasteiger partial charge in [0.25, 0.3) is 0 Å². The Kier molecular flexibility index (Phi) is 5.63. The van der Waals surface area contributed by atoms with Gasteiger partial charge in [-0.15, -0.1) is 0 Å². The van der Waals surface area contributed by atoms with Crippen LogP contribution in [0, 0.1) is 6.92 Å². The predicted molar refractivity (Wildman–Crippen MR) is 132 cm³/mol. The second-order valence-electron chi connectivity index (χ2n) is 8.07. The Morgan fingerprint density at radius 3 is 2.82 bits per heavy atom. The molecule has 168 valence electrons. The lowest BCUT2D eigenvalue weighted by Crippen LogP contribution is -2.07. The monoisotopic (exact) mass is 459 g/mol. The molecule has 0 fully saturated rings. The van der Waals surface area contributed by atoms with Crippen LogP contribution in [0.4, 0.5) is 5.69 Å². The van der Waals surface area contributed by atoms with Gasteiger partial charge in [-0.2, -0.15) is 13.8 Å². The van der Waals surface area contributed by atoms with Crippen LogP contribution in [0.3, 0.4) is 0 Å². The highest BCUT2D eigenvalue weighted by molar-refractivity contribution is 7.00. The molecule has 0 aliphatic rings. The van der Waals surface area contributed by atoms with E-state index in [4.69, 9.17) is 14.8 Å². The zero-order chi connectivity index (χ0) is 22.9. The molecule has 0 aliphatic heterocycles. The molecule has 4 heterocycles. The lowest BCUT2D eigenvalue weighted by Gasteiger charge is -2.15. The Hall–Kier alpha value is -3.59. The van der Waals surface area contributed by atoms with Crippen LogP contribution in [0.15, 0.2) is 42.6 Å². The number of rotatable bonds is 7. The molecular formula is C24H25N7OS. The Morgan fingerprint density at radius 1 is 1.12 bits per heavy atom. The van der Waals surface area contributed by atoms with Crippen molar-refractivity contribution in [3.8, 4) is 17.1 Å². The number of aryl methyl sites for hydroxylation is 1. The SMILES string of the molecule is CCOc1ncccc1-c1cc(NCc2cccc3nsnc23)c2c(n1)c(C)nn2C(C)C. The highest BCUT2D eigenvalue weighted by Crippen LogP contribution is 2.35. The van der Waals surface area contributed by atoms with Gasteiger partial charge in [0.2, 0.25) is 5.88 Å². The first-order valence-electron chi connectivity index (χ1n) is 11.0. The van der Waals surface area contributed by atoms with Crippen LogP contribution < -0.4 is 10.1 Å². The van der Waals surface area contributed by atoms with Crippen LogP contribution in [0.2, 0.25) is 0 Å². The number of aromatic nitrogens is 6. The molecule has 5 aromatic rings. The van der Waals surface area contributed by atoms with Crippen molar-refractivity contribution in [3.63, 3.8) is 0 Å². The van der Waals surface area contributed by atoms with E-state index < -0.39 is 0 Å². The quantitative estimate of drug-likeness (QED) is 0.348. The molecule has 0 atom stereocenters. The van der Waals surface area contributed by atoms with Crippen LogP contribution in [0.25, 0.3) is 33.3 Å². The second kappa shape index (κ2) is 8.74. The van der Waals surface area contributed by atoms with Crippen LogP contribution in [0.5, 0.6) is 5.88 Å². The van der Waals surface area contributed by atoms with Gasteiger partial charge in [-0.1, -0.05) is 12.1 Å². The largest absolute Gasteiger partial charge is 0.477 e. The number of ether oxygens (including phenoxy) is 1. The van der Waals surface area contributed by atoms with Gasteiger partial charge in [-0.3, -0.25) is 4.68 Å². The van der Waals surface area contributed by atoms with Gasteiger partial charge in [0.1, 0.15) is 22.1 Å². The lowest BCUT2D eigenvalue weighted by molar-refractivity contribution is 0.328. The van der Waals surface area contributed by atoms with Crippen LogP contribution in [-0.2, 0) is 6.54 Å². The van der Waals surface area contributed by atoms with Crippen molar-refractivity contribution >= 4 is 39.5 Å². The van der Waals surface area contributed by atoms with Gasteiger partial charge in [0.15, 0.2) is 0 Å². The number of hydrogen-bond acceptors (Lipinski definition) is 8. The van der Waals surface area contributed by atoms with E-state index >= 15 is 0 Å². The first kappa shape index (κ1) is 21.3. The molecule has 9 heteroatoms. The molecule has 0 radical (unpaired) electrons. The molecular weight excluding hydrogens is 434 g/mol. The highest BCUT2D eigenvalue weighted by atomic mass is 32.1. The number of anilines is 1. The molecule has 5 rings (SSSR count). The summed E-state index contributed by atoms with van der Waals surface area (Å²) in [5.41, 5.74) is 8.27. The Balaban J connectivity index is 1.65. The number of benzene rings is 1. The molecule has 0 spiro atoms. The van der Waals surface area contributed by atoms with Gasteiger partial charge < -0.3 is 10.1 Å². The zero-order valence-corrected chi connectivity index (χ0v) is 19.8. The summed E-state index contributed by atoms with van der Waals surface area (Å²) in [6.07, 6.45) is 1.73. The third kappa shape index (κ3) is 3.89. The number of nitrogens with one attached hydrogen (secondary N) is 1. The summed E-state index contributed by atoms with van der Waals surface area (Å²) in [7, 11) is 0. The first-order chi connectivity index (χ1) is 16.1. The smallest absolute Gasteiger partial charge is 0.222 e. The van der Waals surface area contributed by atoms with Gasteiger partial charge in [0.05, 0.1) is 41.0 Å². The summed E-state index contributed by atoms with van der Waals surface area (Å²) in [5, 5.41) is 8.42. The molecule has 0 saturated carbocycles. The van der Waals surface area contributed by atoms with Crippen LogP contribution in [-0.4, -0.2) is 35.1 Å². The second-order valence-corrected chi connectivity index (χ2v) is 8.60. The van der Waals surface area contributed by atoms with Crippen LogP contribution in [0.1, 0.15) is 38.1 Å². The number of nitrogens with zero attached hydrogens (tertiary/aromatic N) is 6. The summed E-state index contributed by atoms with van der Waals surface area (Å²) in [6.45, 7) is 9.34. The molecule has 4 aromatic heterocycles. The van der Waals surface area contributed by atoms with Crippen molar-refractivity contribution in [1.82, 2.24) is 28.5 Å². The average Bonchev–Trinajstić information content (AvgIpc) is 3.43. The van der Waals surface area contributed by atoms with E-state index in [2.05, 4.69) is 45.0 Å². The van der Waals surface area contributed by atoms with Gasteiger partial charge in [-0.05, 0) is 52.0 Å². The van der Waals surface area contributed by atoms with Crippen molar-refractivity contribution in [3.05, 3.63) is 53.9 Å². The number of pyridine rings is 2. The third-order valence-corrected chi connectivity index (χ3v) is 6.02. The lowest BCUT2D eigenvalue weighted by atomic mass is 10.1. The number of fused-ring (bicyclic) bond motifs is 2.